The largest absolute Gasteiger partial charge is 0.490 e. The molecule has 0 spiro atoms. The van der Waals surface area contributed by atoms with E-state index in [1.807, 2.05) is 53.7 Å². The van der Waals surface area contributed by atoms with Crippen LogP contribution in [0.1, 0.15) is 80.1 Å². The summed E-state index contributed by atoms with van der Waals surface area (Å²) in [5.74, 6) is 0.829. The summed E-state index contributed by atoms with van der Waals surface area (Å²) >= 11 is 0. The fourth-order valence-corrected chi connectivity index (χ4v) is 4.80. The molecule has 0 radical (unpaired) electrons. The molecule has 1 aromatic heterocycles. The molecule has 0 aliphatic carbocycles. The van der Waals surface area contributed by atoms with Gasteiger partial charge in [0.05, 0.1) is 12.2 Å². The highest BCUT2D eigenvalue weighted by atomic mass is 16.6. The van der Waals surface area contributed by atoms with E-state index in [0.717, 1.165) is 70.5 Å². The second-order valence-corrected chi connectivity index (χ2v) is 12.7. The van der Waals surface area contributed by atoms with E-state index < -0.39 is 11.2 Å². The summed E-state index contributed by atoms with van der Waals surface area (Å²) in [4.78, 5) is 31.4. The first-order valence-electron chi connectivity index (χ1n) is 14.8. The lowest BCUT2D eigenvalue weighted by Crippen LogP contribution is -2.44. The summed E-state index contributed by atoms with van der Waals surface area (Å²) < 4.78 is 22.8. The lowest BCUT2D eigenvalue weighted by atomic mass is 10.1. The number of pyridine rings is 1. The summed E-state index contributed by atoms with van der Waals surface area (Å²) in [7, 11) is 0. The normalized spacial score (nSPS) is 19.9. The van der Waals surface area contributed by atoms with Gasteiger partial charge in [-0.15, -0.1) is 0 Å². The zero-order valence-corrected chi connectivity index (χ0v) is 25.3. The fourth-order valence-electron chi connectivity index (χ4n) is 4.80. The van der Waals surface area contributed by atoms with Crippen LogP contribution in [0.3, 0.4) is 0 Å². The van der Waals surface area contributed by atoms with Gasteiger partial charge in [-0.1, -0.05) is 0 Å². The SMILES string of the molecule is CC(C)(C)OC(=O)N1CCC(OC2CCNCC2)CC1.CC(C)(C)OC(=O)N1CCC(Oc2ccncc2)CC1. The molecule has 1 aromatic rings. The molecule has 3 aliphatic heterocycles. The van der Waals surface area contributed by atoms with Crippen LogP contribution in [0.5, 0.6) is 5.75 Å². The van der Waals surface area contributed by atoms with Crippen molar-refractivity contribution in [3.63, 3.8) is 0 Å². The molecule has 10 heteroatoms. The second-order valence-electron chi connectivity index (χ2n) is 12.7. The lowest BCUT2D eigenvalue weighted by Gasteiger charge is -2.35. The van der Waals surface area contributed by atoms with Crippen molar-refractivity contribution < 1.29 is 28.5 Å². The fraction of sp³-hybridized carbons (Fsp3) is 0.767. The molecule has 0 saturated carbocycles. The van der Waals surface area contributed by atoms with Gasteiger partial charge in [-0.3, -0.25) is 4.98 Å². The minimum Gasteiger partial charge on any atom is -0.490 e. The van der Waals surface area contributed by atoms with Crippen molar-refractivity contribution in [3.05, 3.63) is 24.5 Å². The predicted octanol–water partition coefficient (Wildman–Crippen LogP) is 5.01. The molecular formula is C30H50N4O6. The number of rotatable bonds is 4. The van der Waals surface area contributed by atoms with Crippen LogP contribution >= 0.6 is 0 Å². The standard InChI is InChI=1S/C15H28N2O3.C15H22N2O3/c2*1-15(2,3)20-14(18)17-10-6-13(7-11-17)19-12-4-8-16-9-5-12/h12-13,16H,4-11H2,1-3H3;4-5,8-9,13H,6-7,10-11H2,1-3H3. The van der Waals surface area contributed by atoms with E-state index in [4.69, 9.17) is 18.9 Å². The minimum absolute atomic E-state index is 0.149. The number of likely N-dealkylation sites (tertiary alicyclic amines) is 2. The third-order valence-corrected chi connectivity index (χ3v) is 6.81. The van der Waals surface area contributed by atoms with Gasteiger partial charge in [0, 0.05) is 51.4 Å². The average Bonchev–Trinajstić information content (AvgIpc) is 2.89. The average molecular weight is 563 g/mol. The van der Waals surface area contributed by atoms with E-state index in [0.29, 0.717) is 25.3 Å². The first-order chi connectivity index (χ1) is 18.9. The Balaban J connectivity index is 0.000000220. The summed E-state index contributed by atoms with van der Waals surface area (Å²) in [6.07, 6.45) is 9.53. The van der Waals surface area contributed by atoms with E-state index in [1.165, 1.54) is 0 Å². The van der Waals surface area contributed by atoms with E-state index in [1.54, 1.807) is 22.2 Å². The Kier molecular flexibility index (Phi) is 11.9. The highest BCUT2D eigenvalue weighted by Gasteiger charge is 2.29. The summed E-state index contributed by atoms with van der Waals surface area (Å²) in [6.45, 7) is 16.3. The summed E-state index contributed by atoms with van der Waals surface area (Å²) in [5, 5.41) is 3.35. The summed E-state index contributed by atoms with van der Waals surface area (Å²) in [5.41, 5.74) is -0.860. The van der Waals surface area contributed by atoms with Crippen LogP contribution < -0.4 is 10.1 Å². The van der Waals surface area contributed by atoms with E-state index in [-0.39, 0.29) is 18.3 Å². The van der Waals surface area contributed by atoms with Crippen molar-refractivity contribution >= 4 is 12.2 Å². The van der Waals surface area contributed by atoms with Crippen molar-refractivity contribution in [1.29, 1.82) is 0 Å². The number of carbonyl (C=O) groups excluding carboxylic acids is 2. The molecule has 4 heterocycles. The first-order valence-corrected chi connectivity index (χ1v) is 14.8. The van der Waals surface area contributed by atoms with Gasteiger partial charge in [-0.05, 0) is 92.4 Å². The number of hydrogen-bond acceptors (Lipinski definition) is 8. The van der Waals surface area contributed by atoms with Crippen LogP contribution in [0.4, 0.5) is 9.59 Å². The minimum atomic E-state index is -0.443. The lowest BCUT2D eigenvalue weighted by molar-refractivity contribution is -0.0554. The molecule has 3 fully saturated rings. The Morgan fingerprint density at radius 2 is 1.15 bits per heavy atom. The van der Waals surface area contributed by atoms with Gasteiger partial charge in [0.15, 0.2) is 0 Å². The molecule has 0 bridgehead atoms. The maximum atomic E-state index is 12.0. The Bertz CT molecular complexity index is 895. The highest BCUT2D eigenvalue weighted by molar-refractivity contribution is 5.68. The molecular weight excluding hydrogens is 512 g/mol. The molecule has 0 atom stereocenters. The van der Waals surface area contributed by atoms with Gasteiger partial charge in [0.2, 0.25) is 0 Å². The van der Waals surface area contributed by atoms with Gasteiger partial charge >= 0.3 is 12.2 Å². The van der Waals surface area contributed by atoms with Crippen molar-refractivity contribution in [2.75, 3.05) is 39.3 Å². The number of hydrogen-bond donors (Lipinski definition) is 1. The molecule has 0 unspecified atom stereocenters. The Morgan fingerprint density at radius 3 is 1.60 bits per heavy atom. The van der Waals surface area contributed by atoms with Crippen molar-refractivity contribution in [2.24, 2.45) is 0 Å². The number of amides is 2. The number of nitrogens with one attached hydrogen (secondary N) is 1. The summed E-state index contributed by atoms with van der Waals surface area (Å²) in [6, 6.07) is 3.69. The predicted molar refractivity (Wildman–Crippen MR) is 153 cm³/mol. The molecule has 3 aliphatic rings. The van der Waals surface area contributed by atoms with Crippen LogP contribution in [-0.4, -0.2) is 95.8 Å². The van der Waals surface area contributed by atoms with Gasteiger partial charge in [-0.25, -0.2) is 9.59 Å². The van der Waals surface area contributed by atoms with Gasteiger partial charge in [0.25, 0.3) is 0 Å². The third-order valence-electron chi connectivity index (χ3n) is 6.81. The maximum Gasteiger partial charge on any atom is 0.410 e. The highest BCUT2D eigenvalue weighted by Crippen LogP contribution is 2.22. The second kappa shape index (κ2) is 14.9. The Hall–Kier alpha value is -2.59. The van der Waals surface area contributed by atoms with Crippen LogP contribution in [0.2, 0.25) is 0 Å². The molecule has 3 saturated heterocycles. The van der Waals surface area contributed by atoms with E-state index >= 15 is 0 Å². The van der Waals surface area contributed by atoms with Crippen LogP contribution in [0.25, 0.3) is 0 Å². The molecule has 0 aromatic carbocycles. The third kappa shape index (κ3) is 11.9. The van der Waals surface area contributed by atoms with Crippen LogP contribution in [-0.2, 0) is 14.2 Å². The Labute approximate surface area is 240 Å². The molecule has 40 heavy (non-hydrogen) atoms. The Morgan fingerprint density at radius 1 is 0.725 bits per heavy atom. The van der Waals surface area contributed by atoms with Crippen molar-refractivity contribution in [3.8, 4) is 5.75 Å². The van der Waals surface area contributed by atoms with Gasteiger partial charge < -0.3 is 34.1 Å². The van der Waals surface area contributed by atoms with Crippen molar-refractivity contribution in [2.45, 2.75) is 110 Å². The van der Waals surface area contributed by atoms with Crippen LogP contribution in [0.15, 0.2) is 24.5 Å². The molecule has 10 nitrogen and oxygen atoms in total. The molecule has 2 amide bonds. The number of ether oxygens (including phenoxy) is 4. The monoisotopic (exact) mass is 562 g/mol. The zero-order valence-electron chi connectivity index (χ0n) is 25.3. The van der Waals surface area contributed by atoms with Crippen LogP contribution in [0, 0.1) is 0 Å². The zero-order chi connectivity index (χ0) is 29.2. The topological polar surface area (TPSA) is 102 Å². The molecule has 226 valence electrons. The van der Waals surface area contributed by atoms with E-state index in [9.17, 15) is 9.59 Å². The van der Waals surface area contributed by atoms with Gasteiger partial charge in [0.1, 0.15) is 23.1 Å². The molecule has 1 N–H and O–H groups in total. The smallest absolute Gasteiger partial charge is 0.410 e. The number of carbonyl (C=O) groups is 2. The number of nitrogens with zero attached hydrogens (tertiary/aromatic N) is 3. The number of aromatic nitrogens is 1. The number of piperidine rings is 3. The molecule has 4 rings (SSSR count). The van der Waals surface area contributed by atoms with E-state index in [2.05, 4.69) is 10.3 Å². The van der Waals surface area contributed by atoms with Crippen molar-refractivity contribution in [1.82, 2.24) is 20.1 Å². The first kappa shape index (κ1) is 31.9. The van der Waals surface area contributed by atoms with Gasteiger partial charge in [-0.2, -0.15) is 0 Å². The quantitative estimate of drug-likeness (QED) is 0.546. The maximum absolute atomic E-state index is 12.0.